The van der Waals surface area contributed by atoms with Crippen molar-refractivity contribution >= 4 is 29.3 Å². The van der Waals surface area contributed by atoms with Gasteiger partial charge in [0.1, 0.15) is 11.3 Å². The minimum absolute atomic E-state index is 0.269. The summed E-state index contributed by atoms with van der Waals surface area (Å²) in [5.74, 6) is 0. The van der Waals surface area contributed by atoms with E-state index in [2.05, 4.69) is 12.1 Å². The topological polar surface area (TPSA) is 51.1 Å². The van der Waals surface area contributed by atoms with Crippen molar-refractivity contribution in [3.8, 4) is 0 Å². The second-order valence-corrected chi connectivity index (χ2v) is 10.2. The van der Waals surface area contributed by atoms with Gasteiger partial charge >= 0.3 is 6.09 Å². The van der Waals surface area contributed by atoms with E-state index in [1.807, 2.05) is 83.1 Å². The normalized spacial score (nSPS) is 20.4. The van der Waals surface area contributed by atoms with Crippen LogP contribution in [0.4, 0.5) is 10.5 Å². The molecule has 0 aromatic heterocycles. The summed E-state index contributed by atoms with van der Waals surface area (Å²) in [4.78, 5) is 21.9. The number of hydrogen-bond acceptors (Lipinski definition) is 5. The van der Waals surface area contributed by atoms with Crippen LogP contribution in [0.15, 0.2) is 75.5 Å². The second-order valence-electron chi connectivity index (χ2n) is 9.10. The van der Waals surface area contributed by atoms with Crippen LogP contribution in [-0.4, -0.2) is 40.7 Å². The number of fused-ring (bicyclic) bond motifs is 1. The average Bonchev–Trinajstić information content (AvgIpc) is 2.90. The van der Waals surface area contributed by atoms with E-state index in [0.29, 0.717) is 6.61 Å². The Hall–Kier alpha value is -2.57. The predicted molar refractivity (Wildman–Crippen MR) is 125 cm³/mol. The van der Waals surface area contributed by atoms with E-state index in [9.17, 15) is 4.79 Å². The van der Waals surface area contributed by atoms with Crippen molar-refractivity contribution in [2.24, 2.45) is 4.99 Å². The molecular weight excluding hydrogens is 408 g/mol. The molecule has 0 unspecified atom stereocenters. The van der Waals surface area contributed by atoms with E-state index < -0.39 is 11.3 Å². The van der Waals surface area contributed by atoms with Crippen molar-refractivity contribution in [1.29, 1.82) is 0 Å². The number of aliphatic imine (C=N–C) groups is 1. The van der Waals surface area contributed by atoms with Gasteiger partial charge in [0.05, 0.1) is 24.0 Å². The fourth-order valence-corrected chi connectivity index (χ4v) is 4.78. The average molecular weight is 437 g/mol. The van der Waals surface area contributed by atoms with Gasteiger partial charge in [-0.2, -0.15) is 0 Å². The van der Waals surface area contributed by atoms with Crippen molar-refractivity contribution in [1.82, 2.24) is 4.90 Å². The highest BCUT2D eigenvalue weighted by Crippen LogP contribution is 2.43. The molecule has 2 aromatic rings. The maximum absolute atomic E-state index is 13.2. The van der Waals surface area contributed by atoms with Crippen molar-refractivity contribution in [3.63, 3.8) is 0 Å². The second kappa shape index (κ2) is 8.17. The first-order chi connectivity index (χ1) is 14.6. The molecule has 1 fully saturated rings. The number of thioether (sulfide) groups is 1. The van der Waals surface area contributed by atoms with Crippen LogP contribution in [0.1, 0.15) is 40.2 Å². The molecule has 6 heteroatoms. The number of rotatable bonds is 2. The van der Waals surface area contributed by atoms with Gasteiger partial charge in [-0.25, -0.2) is 9.79 Å². The number of ether oxygens (including phenoxy) is 2. The fraction of sp³-hybridized carbons (Fsp3) is 0.360. The predicted octanol–water partition coefficient (Wildman–Crippen LogP) is 6.17. The van der Waals surface area contributed by atoms with Gasteiger partial charge in [-0.15, -0.1) is 0 Å². The van der Waals surface area contributed by atoms with Gasteiger partial charge in [0.25, 0.3) is 0 Å². The zero-order valence-electron chi connectivity index (χ0n) is 18.6. The molecule has 1 saturated heterocycles. The molecule has 0 radical (unpaired) electrons. The molecular formula is C25H28N2O3S. The van der Waals surface area contributed by atoms with Crippen LogP contribution in [0.2, 0.25) is 0 Å². The molecule has 2 heterocycles. The number of para-hydroxylation sites is 1. The molecule has 2 aliphatic rings. The molecule has 31 heavy (non-hydrogen) atoms. The van der Waals surface area contributed by atoms with Crippen molar-refractivity contribution < 1.29 is 14.3 Å². The smallest absolute Gasteiger partial charge is 0.413 e. The lowest BCUT2D eigenvalue weighted by molar-refractivity contribution is -0.0611. The van der Waals surface area contributed by atoms with Crippen LogP contribution in [0.5, 0.6) is 0 Å². The Kier molecular flexibility index (Phi) is 5.71. The maximum atomic E-state index is 13.2. The maximum Gasteiger partial charge on any atom is 0.413 e. The highest BCUT2D eigenvalue weighted by Gasteiger charge is 2.47. The molecule has 5 nitrogen and oxygen atoms in total. The van der Waals surface area contributed by atoms with Crippen LogP contribution >= 0.6 is 11.8 Å². The molecule has 2 aromatic carbocycles. The first-order valence-electron chi connectivity index (χ1n) is 10.4. The van der Waals surface area contributed by atoms with Crippen LogP contribution in [0.25, 0.3) is 0 Å². The Morgan fingerprint density at radius 1 is 1.13 bits per heavy atom. The van der Waals surface area contributed by atoms with Gasteiger partial charge < -0.3 is 9.47 Å². The molecule has 0 aliphatic carbocycles. The number of carbonyl (C=O) groups is 1. The van der Waals surface area contributed by atoms with Crippen LogP contribution in [0.3, 0.4) is 0 Å². The zero-order valence-corrected chi connectivity index (χ0v) is 19.4. The third kappa shape index (κ3) is 4.70. The quantitative estimate of drug-likeness (QED) is 0.565. The van der Waals surface area contributed by atoms with E-state index >= 15 is 0 Å². The van der Waals surface area contributed by atoms with E-state index in [4.69, 9.17) is 14.5 Å². The Morgan fingerprint density at radius 2 is 1.81 bits per heavy atom. The molecule has 162 valence electrons. The van der Waals surface area contributed by atoms with Gasteiger partial charge in [-0.1, -0.05) is 54.2 Å². The lowest BCUT2D eigenvalue weighted by atomic mass is 10.1. The summed E-state index contributed by atoms with van der Waals surface area (Å²) in [5, 5.41) is 0. The largest absolute Gasteiger partial charge is 0.444 e. The number of amides is 1. The molecule has 0 N–H and O–H groups in total. The highest BCUT2D eigenvalue weighted by atomic mass is 32.2. The Balaban J connectivity index is 1.77. The third-order valence-electron chi connectivity index (χ3n) is 5.09. The van der Waals surface area contributed by atoms with Gasteiger partial charge in [0.2, 0.25) is 0 Å². The summed E-state index contributed by atoms with van der Waals surface area (Å²) in [6.07, 6.45) is 1.70. The summed E-state index contributed by atoms with van der Waals surface area (Å²) in [7, 11) is 0. The first kappa shape index (κ1) is 21.7. The monoisotopic (exact) mass is 436 g/mol. The number of nitrogens with zero attached hydrogens (tertiary/aromatic N) is 2. The summed E-state index contributed by atoms with van der Waals surface area (Å²) in [5.41, 5.74) is 1.44. The molecule has 0 bridgehead atoms. The van der Waals surface area contributed by atoms with Gasteiger partial charge in [0.15, 0.2) is 0 Å². The highest BCUT2D eigenvalue weighted by molar-refractivity contribution is 8.03. The zero-order chi connectivity index (χ0) is 22.2. The molecule has 2 aliphatic heterocycles. The molecule has 1 amide bonds. The Labute approximate surface area is 188 Å². The van der Waals surface area contributed by atoms with Gasteiger partial charge in [0, 0.05) is 15.4 Å². The summed E-state index contributed by atoms with van der Waals surface area (Å²) in [6.45, 7) is 9.83. The Morgan fingerprint density at radius 3 is 2.52 bits per heavy atom. The van der Waals surface area contributed by atoms with Gasteiger partial charge in [-0.3, -0.25) is 4.90 Å². The minimum atomic E-state index is -0.774. The summed E-state index contributed by atoms with van der Waals surface area (Å²) < 4.78 is 11.8. The summed E-state index contributed by atoms with van der Waals surface area (Å²) in [6, 6.07) is 17.9. The van der Waals surface area contributed by atoms with Crippen LogP contribution in [-0.2, 0) is 9.47 Å². The molecule has 0 saturated carbocycles. The Bertz CT molecular complexity index is 1040. The number of allylic oxidation sites excluding steroid dienone is 1. The lowest BCUT2D eigenvalue weighted by Crippen LogP contribution is -2.50. The fourth-order valence-electron chi connectivity index (χ4n) is 3.68. The van der Waals surface area contributed by atoms with Gasteiger partial charge in [-0.05, 0) is 52.8 Å². The number of carbonyl (C=O) groups excluding carboxylic acids is 1. The number of hydrogen-bond donors (Lipinski definition) is 0. The SMILES string of the molecule is CC(C)(C)OC(=O)N1[C@H](C2=CC(c3ccccc3)=Nc3ccccc3S2)COC1(C)C. The molecule has 1 atom stereocenters. The van der Waals surface area contributed by atoms with E-state index in [-0.39, 0.29) is 12.1 Å². The first-order valence-corrected chi connectivity index (χ1v) is 11.2. The van der Waals surface area contributed by atoms with Crippen molar-refractivity contribution in [2.75, 3.05) is 6.61 Å². The third-order valence-corrected chi connectivity index (χ3v) is 6.28. The summed E-state index contributed by atoms with van der Waals surface area (Å²) >= 11 is 1.63. The number of benzene rings is 2. The van der Waals surface area contributed by atoms with Crippen molar-refractivity contribution in [2.45, 2.75) is 56.9 Å². The van der Waals surface area contributed by atoms with Crippen LogP contribution in [0, 0.1) is 0 Å². The standard InChI is InChI=1S/C25H28N2O3S/c1-24(2,3)30-23(28)27-20(16-29-25(27,4)5)22-15-19(17-11-7-6-8-12-17)26-18-13-9-10-14-21(18)31-22/h6-15,20H,16H2,1-5H3/t20-/m0/s1. The van der Waals surface area contributed by atoms with E-state index in [1.165, 1.54) is 0 Å². The molecule has 4 rings (SSSR count). The lowest BCUT2D eigenvalue weighted by Gasteiger charge is -2.35. The van der Waals surface area contributed by atoms with E-state index in [0.717, 1.165) is 26.8 Å². The molecule has 0 spiro atoms. The minimum Gasteiger partial charge on any atom is -0.444 e. The van der Waals surface area contributed by atoms with Crippen LogP contribution < -0.4 is 0 Å². The van der Waals surface area contributed by atoms with Crippen molar-refractivity contribution in [3.05, 3.63) is 71.1 Å². The van der Waals surface area contributed by atoms with E-state index in [1.54, 1.807) is 16.7 Å².